The number of carbonyl (C=O) groups is 1. The van der Waals surface area contributed by atoms with E-state index >= 15 is 0 Å². The highest BCUT2D eigenvalue weighted by molar-refractivity contribution is 7.15. The van der Waals surface area contributed by atoms with Crippen molar-refractivity contribution in [1.82, 2.24) is 4.98 Å². The molecule has 0 aliphatic heterocycles. The van der Waals surface area contributed by atoms with Crippen molar-refractivity contribution < 1.29 is 9.18 Å². The smallest absolute Gasteiger partial charge is 0.229 e. The second-order valence-corrected chi connectivity index (χ2v) is 8.61. The molecule has 1 heterocycles. The predicted octanol–water partition coefficient (Wildman–Crippen LogP) is 6.05. The lowest BCUT2D eigenvalue weighted by atomic mass is 9.88. The minimum atomic E-state index is -0.253. The van der Waals surface area contributed by atoms with Crippen molar-refractivity contribution in [2.75, 3.05) is 5.32 Å². The third-order valence-electron chi connectivity index (χ3n) is 5.26. The van der Waals surface area contributed by atoms with Crippen LogP contribution in [0.5, 0.6) is 0 Å². The van der Waals surface area contributed by atoms with Crippen molar-refractivity contribution in [2.45, 2.75) is 31.6 Å². The fourth-order valence-electron chi connectivity index (χ4n) is 3.86. The summed E-state index contributed by atoms with van der Waals surface area (Å²) in [6, 6.07) is 14.2. The number of halogens is 2. The van der Waals surface area contributed by atoms with Crippen LogP contribution in [0.4, 0.5) is 9.52 Å². The second-order valence-electron chi connectivity index (χ2n) is 7.08. The van der Waals surface area contributed by atoms with Crippen molar-refractivity contribution >= 4 is 34.0 Å². The highest BCUT2D eigenvalue weighted by atomic mass is 35.5. The van der Waals surface area contributed by atoms with Crippen LogP contribution in [-0.2, 0) is 11.2 Å². The van der Waals surface area contributed by atoms with Gasteiger partial charge in [0.2, 0.25) is 5.91 Å². The quantitative estimate of drug-likeness (QED) is 0.552. The van der Waals surface area contributed by atoms with Crippen LogP contribution in [0.15, 0.2) is 54.7 Å². The zero-order valence-corrected chi connectivity index (χ0v) is 16.8. The van der Waals surface area contributed by atoms with E-state index in [1.165, 1.54) is 23.5 Å². The van der Waals surface area contributed by atoms with Crippen LogP contribution in [0.3, 0.4) is 0 Å². The molecule has 0 saturated heterocycles. The molecular weight excluding hydrogens is 395 g/mol. The van der Waals surface area contributed by atoms with Crippen molar-refractivity contribution in [1.29, 1.82) is 0 Å². The van der Waals surface area contributed by atoms with Gasteiger partial charge in [-0.25, -0.2) is 9.37 Å². The molecule has 2 unspecified atom stereocenters. The van der Waals surface area contributed by atoms with Crippen LogP contribution in [0, 0.1) is 11.7 Å². The molecular formula is C22H20ClFN2OS. The Hall–Kier alpha value is -2.24. The minimum absolute atomic E-state index is 0.00883. The van der Waals surface area contributed by atoms with Crippen LogP contribution in [0.25, 0.3) is 0 Å². The lowest BCUT2D eigenvalue weighted by Crippen LogP contribution is -2.24. The normalized spacial score (nSPS) is 18.9. The maximum absolute atomic E-state index is 13.2. The molecule has 1 amide bonds. The van der Waals surface area contributed by atoms with Crippen molar-refractivity contribution in [3.05, 3.63) is 81.6 Å². The Morgan fingerprint density at radius 1 is 1.18 bits per heavy atom. The topological polar surface area (TPSA) is 42.0 Å². The molecule has 1 aromatic heterocycles. The van der Waals surface area contributed by atoms with E-state index in [1.807, 2.05) is 24.3 Å². The maximum atomic E-state index is 13.2. The Morgan fingerprint density at radius 3 is 2.75 bits per heavy atom. The van der Waals surface area contributed by atoms with Crippen LogP contribution in [-0.4, -0.2) is 10.9 Å². The molecule has 0 radical (unpaired) electrons. The highest BCUT2D eigenvalue weighted by Gasteiger charge is 2.34. The van der Waals surface area contributed by atoms with E-state index in [1.54, 1.807) is 18.3 Å². The van der Waals surface area contributed by atoms with Crippen molar-refractivity contribution in [3.63, 3.8) is 0 Å². The monoisotopic (exact) mass is 414 g/mol. The lowest BCUT2D eigenvalue weighted by molar-refractivity contribution is -0.120. The molecule has 1 saturated carbocycles. The fraction of sp³-hybridized carbons (Fsp3) is 0.273. The highest BCUT2D eigenvalue weighted by Crippen LogP contribution is 2.40. The van der Waals surface area contributed by atoms with Gasteiger partial charge in [-0.2, -0.15) is 0 Å². The SMILES string of the molecule is O=C(Nc1ncc(Cc2ccccc2Cl)s1)C1CCCC1c1ccc(F)cc1. The molecule has 0 spiro atoms. The van der Waals surface area contributed by atoms with Gasteiger partial charge in [-0.1, -0.05) is 48.4 Å². The summed E-state index contributed by atoms with van der Waals surface area (Å²) in [7, 11) is 0. The van der Waals surface area contributed by atoms with Gasteiger partial charge in [0.25, 0.3) is 0 Å². The van der Waals surface area contributed by atoms with E-state index in [2.05, 4.69) is 10.3 Å². The number of amides is 1. The fourth-order valence-corrected chi connectivity index (χ4v) is 4.90. The molecule has 3 aromatic rings. The summed E-state index contributed by atoms with van der Waals surface area (Å²) in [6.45, 7) is 0. The van der Waals surface area contributed by atoms with Gasteiger partial charge in [0, 0.05) is 28.4 Å². The second kappa shape index (κ2) is 8.41. The molecule has 6 heteroatoms. The maximum Gasteiger partial charge on any atom is 0.229 e. The summed E-state index contributed by atoms with van der Waals surface area (Å²) in [5.41, 5.74) is 2.07. The van der Waals surface area contributed by atoms with Gasteiger partial charge in [-0.15, -0.1) is 11.3 Å². The number of benzene rings is 2. The third kappa shape index (κ3) is 4.26. The number of hydrogen-bond acceptors (Lipinski definition) is 3. The number of nitrogens with zero attached hydrogens (tertiary/aromatic N) is 1. The van der Waals surface area contributed by atoms with E-state index in [9.17, 15) is 9.18 Å². The summed E-state index contributed by atoms with van der Waals surface area (Å²) in [4.78, 5) is 18.3. The average molecular weight is 415 g/mol. The Bertz CT molecular complexity index is 973. The van der Waals surface area contributed by atoms with Crippen LogP contribution < -0.4 is 5.32 Å². The summed E-state index contributed by atoms with van der Waals surface area (Å²) >= 11 is 7.70. The molecule has 0 bridgehead atoms. The molecule has 2 aromatic carbocycles. The van der Waals surface area contributed by atoms with Gasteiger partial charge in [-0.05, 0) is 48.1 Å². The third-order valence-corrected chi connectivity index (χ3v) is 6.54. The van der Waals surface area contributed by atoms with E-state index in [4.69, 9.17) is 11.6 Å². The van der Waals surface area contributed by atoms with Gasteiger partial charge >= 0.3 is 0 Å². The molecule has 2 atom stereocenters. The summed E-state index contributed by atoms with van der Waals surface area (Å²) in [5.74, 6) is -0.244. The van der Waals surface area contributed by atoms with Gasteiger partial charge in [-0.3, -0.25) is 4.79 Å². The number of thiazole rings is 1. The van der Waals surface area contributed by atoms with E-state index in [0.29, 0.717) is 11.6 Å². The Morgan fingerprint density at radius 2 is 1.96 bits per heavy atom. The van der Waals surface area contributed by atoms with Crippen LogP contribution in [0.1, 0.15) is 41.2 Å². The first-order valence-electron chi connectivity index (χ1n) is 9.34. The van der Waals surface area contributed by atoms with E-state index < -0.39 is 0 Å². The first kappa shape index (κ1) is 19.1. The van der Waals surface area contributed by atoms with Gasteiger partial charge < -0.3 is 5.32 Å². The zero-order chi connectivity index (χ0) is 19.5. The Labute approximate surface area is 172 Å². The summed E-state index contributed by atoms with van der Waals surface area (Å²) in [6.07, 6.45) is 5.26. The lowest BCUT2D eigenvalue weighted by Gasteiger charge is -2.19. The molecule has 28 heavy (non-hydrogen) atoms. The number of hydrogen-bond donors (Lipinski definition) is 1. The first-order valence-corrected chi connectivity index (χ1v) is 10.5. The molecule has 4 rings (SSSR count). The predicted molar refractivity (Wildman–Crippen MR) is 111 cm³/mol. The van der Waals surface area contributed by atoms with Gasteiger partial charge in [0.1, 0.15) is 5.82 Å². The average Bonchev–Trinajstić information content (AvgIpc) is 3.34. The standard InChI is InChI=1S/C22H20ClFN2OS/c23-20-7-2-1-4-15(20)12-17-13-25-22(28-17)26-21(27)19-6-3-5-18(19)14-8-10-16(24)11-9-14/h1-2,4,7-11,13,18-19H,3,5-6,12H2,(H,25,26,27). The molecule has 144 valence electrons. The van der Waals surface area contributed by atoms with E-state index in [-0.39, 0.29) is 23.6 Å². The number of aromatic nitrogens is 1. The minimum Gasteiger partial charge on any atom is -0.302 e. The molecule has 3 nitrogen and oxygen atoms in total. The van der Waals surface area contributed by atoms with Gasteiger partial charge in [0.15, 0.2) is 5.13 Å². The van der Waals surface area contributed by atoms with Crippen molar-refractivity contribution in [2.24, 2.45) is 5.92 Å². The van der Waals surface area contributed by atoms with Crippen molar-refractivity contribution in [3.8, 4) is 0 Å². The molecule has 1 aliphatic rings. The van der Waals surface area contributed by atoms with Crippen LogP contribution >= 0.6 is 22.9 Å². The van der Waals surface area contributed by atoms with Crippen LogP contribution in [0.2, 0.25) is 5.02 Å². The largest absolute Gasteiger partial charge is 0.302 e. The Kier molecular flexibility index (Phi) is 5.74. The zero-order valence-electron chi connectivity index (χ0n) is 15.2. The molecule has 1 N–H and O–H groups in total. The molecule has 1 aliphatic carbocycles. The number of anilines is 1. The summed E-state index contributed by atoms with van der Waals surface area (Å²) < 4.78 is 13.2. The first-order chi connectivity index (χ1) is 13.6. The van der Waals surface area contributed by atoms with Gasteiger partial charge in [0.05, 0.1) is 0 Å². The molecule has 1 fully saturated rings. The Balaban J connectivity index is 1.43. The van der Waals surface area contributed by atoms with E-state index in [0.717, 1.165) is 40.3 Å². The number of rotatable bonds is 5. The summed E-state index contributed by atoms with van der Waals surface area (Å²) in [5, 5.41) is 4.32. The number of carbonyl (C=O) groups excluding carboxylic acids is 1. The number of nitrogens with one attached hydrogen (secondary N) is 1.